The monoisotopic (exact) mass is 358 g/mol. The standard InChI is InChI=1S/C20H14N4OS/c25-18(11-13-12-24-9-10-26-20(24)21-13)23-19-14-5-1-3-7-16(14)22-17-8-4-2-6-15(17)19/h1-10,12H,11H2,(H,22,23,25). The molecule has 0 aliphatic heterocycles. The molecule has 0 unspecified atom stereocenters. The van der Waals surface area contributed by atoms with E-state index in [1.54, 1.807) is 11.3 Å². The van der Waals surface area contributed by atoms with Gasteiger partial charge in [0.05, 0.1) is 28.8 Å². The molecule has 126 valence electrons. The maximum atomic E-state index is 12.7. The molecule has 0 aliphatic carbocycles. The number of carbonyl (C=O) groups is 1. The summed E-state index contributed by atoms with van der Waals surface area (Å²) >= 11 is 1.55. The van der Waals surface area contributed by atoms with Crippen molar-refractivity contribution < 1.29 is 4.79 Å². The van der Waals surface area contributed by atoms with E-state index in [9.17, 15) is 4.79 Å². The van der Waals surface area contributed by atoms with Crippen molar-refractivity contribution in [1.29, 1.82) is 0 Å². The molecule has 26 heavy (non-hydrogen) atoms. The molecule has 3 heterocycles. The predicted octanol–water partition coefficient (Wildman–Crippen LogP) is 4.28. The van der Waals surface area contributed by atoms with Crippen molar-refractivity contribution in [2.24, 2.45) is 0 Å². The molecule has 0 spiro atoms. The lowest BCUT2D eigenvalue weighted by Gasteiger charge is -2.12. The van der Waals surface area contributed by atoms with Crippen LogP contribution in [0.1, 0.15) is 5.69 Å². The van der Waals surface area contributed by atoms with Crippen LogP contribution in [0.5, 0.6) is 0 Å². The van der Waals surface area contributed by atoms with E-state index in [2.05, 4.69) is 15.3 Å². The fourth-order valence-electron chi connectivity index (χ4n) is 3.18. The maximum absolute atomic E-state index is 12.7. The molecule has 0 fully saturated rings. The smallest absolute Gasteiger partial charge is 0.230 e. The van der Waals surface area contributed by atoms with Crippen LogP contribution < -0.4 is 5.32 Å². The molecule has 3 aromatic heterocycles. The summed E-state index contributed by atoms with van der Waals surface area (Å²) in [6, 6.07) is 15.7. The van der Waals surface area contributed by atoms with Crippen LogP contribution in [-0.4, -0.2) is 20.3 Å². The summed E-state index contributed by atoms with van der Waals surface area (Å²) in [6.45, 7) is 0. The number of thiazole rings is 1. The molecule has 5 aromatic rings. The lowest BCUT2D eigenvalue weighted by atomic mass is 10.1. The van der Waals surface area contributed by atoms with Crippen molar-refractivity contribution in [2.45, 2.75) is 6.42 Å². The maximum Gasteiger partial charge on any atom is 0.230 e. The van der Waals surface area contributed by atoms with E-state index < -0.39 is 0 Å². The van der Waals surface area contributed by atoms with Gasteiger partial charge >= 0.3 is 0 Å². The summed E-state index contributed by atoms with van der Waals surface area (Å²) < 4.78 is 1.94. The Balaban J connectivity index is 1.54. The lowest BCUT2D eigenvalue weighted by Crippen LogP contribution is -2.15. The first kappa shape index (κ1) is 15.0. The van der Waals surface area contributed by atoms with E-state index >= 15 is 0 Å². The first-order valence-electron chi connectivity index (χ1n) is 8.26. The van der Waals surface area contributed by atoms with Gasteiger partial charge in [0.1, 0.15) is 0 Å². The molecule has 6 heteroatoms. The van der Waals surface area contributed by atoms with Crippen molar-refractivity contribution in [1.82, 2.24) is 14.4 Å². The Hall–Kier alpha value is -3.25. The van der Waals surface area contributed by atoms with Gasteiger partial charge in [0.2, 0.25) is 5.91 Å². The lowest BCUT2D eigenvalue weighted by molar-refractivity contribution is -0.115. The minimum absolute atomic E-state index is 0.0859. The fraction of sp³-hybridized carbons (Fsp3) is 0.0500. The molecule has 0 radical (unpaired) electrons. The number of para-hydroxylation sites is 2. The van der Waals surface area contributed by atoms with Crippen molar-refractivity contribution >= 4 is 49.7 Å². The van der Waals surface area contributed by atoms with E-state index in [0.717, 1.165) is 38.1 Å². The van der Waals surface area contributed by atoms with Gasteiger partial charge in [-0.2, -0.15) is 0 Å². The number of fused-ring (bicyclic) bond motifs is 3. The summed E-state index contributed by atoms with van der Waals surface area (Å²) in [5.41, 5.74) is 3.29. The number of imidazole rings is 1. The number of benzene rings is 2. The van der Waals surface area contributed by atoms with Crippen LogP contribution in [0.25, 0.3) is 26.8 Å². The first-order valence-corrected chi connectivity index (χ1v) is 9.14. The number of hydrogen-bond donors (Lipinski definition) is 1. The zero-order valence-corrected chi connectivity index (χ0v) is 14.5. The number of hydrogen-bond acceptors (Lipinski definition) is 4. The summed E-state index contributed by atoms with van der Waals surface area (Å²) in [7, 11) is 0. The number of aromatic nitrogens is 3. The highest BCUT2D eigenvalue weighted by Crippen LogP contribution is 2.30. The van der Waals surface area contributed by atoms with Gasteiger partial charge in [-0.25, -0.2) is 9.97 Å². The van der Waals surface area contributed by atoms with E-state index in [-0.39, 0.29) is 12.3 Å². The normalized spacial score (nSPS) is 11.4. The van der Waals surface area contributed by atoms with Crippen molar-refractivity contribution in [3.8, 4) is 0 Å². The molecule has 5 rings (SSSR count). The molecule has 1 N–H and O–H groups in total. The molecule has 2 aromatic carbocycles. The molecular weight excluding hydrogens is 344 g/mol. The van der Waals surface area contributed by atoms with Crippen molar-refractivity contribution in [3.63, 3.8) is 0 Å². The van der Waals surface area contributed by atoms with Gasteiger partial charge in [0.15, 0.2) is 4.96 Å². The minimum atomic E-state index is -0.0859. The molecule has 0 bridgehead atoms. The number of carbonyl (C=O) groups excluding carboxylic acids is 1. The second kappa shape index (κ2) is 5.93. The van der Waals surface area contributed by atoms with Gasteiger partial charge in [0, 0.05) is 28.5 Å². The van der Waals surface area contributed by atoms with Gasteiger partial charge in [-0.05, 0) is 12.1 Å². The first-order chi connectivity index (χ1) is 12.8. The van der Waals surface area contributed by atoms with Crippen LogP contribution in [0.3, 0.4) is 0 Å². The average molecular weight is 358 g/mol. The zero-order valence-electron chi connectivity index (χ0n) is 13.7. The third kappa shape index (κ3) is 2.51. The van der Waals surface area contributed by atoms with E-state index in [1.165, 1.54) is 0 Å². The van der Waals surface area contributed by atoms with Crippen LogP contribution >= 0.6 is 11.3 Å². The van der Waals surface area contributed by atoms with Gasteiger partial charge < -0.3 is 5.32 Å². The summed E-state index contributed by atoms with van der Waals surface area (Å²) in [5.74, 6) is -0.0859. The number of anilines is 1. The Labute approximate surface area is 152 Å². The third-order valence-electron chi connectivity index (χ3n) is 4.34. The van der Waals surface area contributed by atoms with Crippen molar-refractivity contribution in [2.75, 3.05) is 5.32 Å². The number of rotatable bonds is 3. The van der Waals surface area contributed by atoms with E-state index in [4.69, 9.17) is 0 Å². The molecule has 5 nitrogen and oxygen atoms in total. The quantitative estimate of drug-likeness (QED) is 0.490. The van der Waals surface area contributed by atoms with Gasteiger partial charge in [-0.1, -0.05) is 36.4 Å². The molecule has 0 atom stereocenters. The van der Waals surface area contributed by atoms with Gasteiger partial charge in [-0.15, -0.1) is 11.3 Å². The van der Waals surface area contributed by atoms with Crippen LogP contribution in [-0.2, 0) is 11.2 Å². The summed E-state index contributed by atoms with van der Waals surface area (Å²) in [4.78, 5) is 22.8. The number of nitrogens with one attached hydrogen (secondary N) is 1. The largest absolute Gasteiger partial charge is 0.325 e. The highest BCUT2D eigenvalue weighted by atomic mass is 32.1. The van der Waals surface area contributed by atoms with Crippen LogP contribution in [0.4, 0.5) is 5.69 Å². The molecule has 0 saturated heterocycles. The minimum Gasteiger partial charge on any atom is -0.325 e. The molecular formula is C20H14N4OS. The predicted molar refractivity (Wildman–Crippen MR) is 105 cm³/mol. The van der Waals surface area contributed by atoms with Crippen LogP contribution in [0.15, 0.2) is 66.3 Å². The topological polar surface area (TPSA) is 59.3 Å². The van der Waals surface area contributed by atoms with E-state index in [1.807, 2.05) is 70.7 Å². The summed E-state index contributed by atoms with van der Waals surface area (Å²) in [6.07, 6.45) is 4.08. The second-order valence-electron chi connectivity index (χ2n) is 6.07. The molecule has 0 aliphatic rings. The zero-order chi connectivity index (χ0) is 17.5. The highest BCUT2D eigenvalue weighted by molar-refractivity contribution is 7.15. The Morgan fingerprint density at radius 2 is 1.69 bits per heavy atom. The Bertz CT molecular complexity index is 1190. The Morgan fingerprint density at radius 3 is 2.38 bits per heavy atom. The Morgan fingerprint density at radius 1 is 1.00 bits per heavy atom. The highest BCUT2D eigenvalue weighted by Gasteiger charge is 2.13. The summed E-state index contributed by atoms with van der Waals surface area (Å²) in [5, 5.41) is 6.93. The Kier molecular flexibility index (Phi) is 3.43. The third-order valence-corrected chi connectivity index (χ3v) is 5.11. The number of nitrogens with zero attached hydrogens (tertiary/aromatic N) is 3. The SMILES string of the molecule is O=C(Cc1cn2ccsc2n1)Nc1c2ccccc2nc2ccccc12. The average Bonchev–Trinajstić information content (AvgIpc) is 3.23. The van der Waals surface area contributed by atoms with Gasteiger partial charge in [0.25, 0.3) is 0 Å². The van der Waals surface area contributed by atoms with E-state index in [0.29, 0.717) is 0 Å². The van der Waals surface area contributed by atoms with Crippen molar-refractivity contribution in [3.05, 3.63) is 72.0 Å². The second-order valence-corrected chi connectivity index (χ2v) is 6.94. The van der Waals surface area contributed by atoms with Crippen LogP contribution in [0, 0.1) is 0 Å². The fourth-order valence-corrected chi connectivity index (χ4v) is 3.90. The number of pyridine rings is 1. The number of amides is 1. The molecule has 1 amide bonds. The van der Waals surface area contributed by atoms with Crippen LogP contribution in [0.2, 0.25) is 0 Å². The van der Waals surface area contributed by atoms with Gasteiger partial charge in [-0.3, -0.25) is 9.20 Å². The molecule has 0 saturated carbocycles.